The zero-order chi connectivity index (χ0) is 24.6. The van der Waals surface area contributed by atoms with Crippen molar-refractivity contribution in [1.82, 2.24) is 15.3 Å². The molecule has 2 aromatic carbocycles. The molecule has 3 heterocycles. The largest absolute Gasteiger partial charge is 0.429 e. The first-order valence-corrected chi connectivity index (χ1v) is 11.7. The summed E-state index contributed by atoms with van der Waals surface area (Å²) < 4.78 is 11.0. The molecule has 0 radical (unpaired) electrons. The lowest BCUT2D eigenvalue weighted by Crippen LogP contribution is -2.50. The second-order valence-electron chi connectivity index (χ2n) is 8.00. The van der Waals surface area contributed by atoms with Crippen LogP contribution in [0.25, 0.3) is 22.2 Å². The van der Waals surface area contributed by atoms with Gasteiger partial charge in [0.25, 0.3) is 10.9 Å². The van der Waals surface area contributed by atoms with Crippen LogP contribution in [0, 0.1) is 4.84 Å². The Morgan fingerprint density at radius 3 is 2.35 bits per heavy atom. The van der Waals surface area contributed by atoms with Gasteiger partial charge in [-0.15, -0.1) is 0 Å². The van der Waals surface area contributed by atoms with E-state index >= 15 is 0 Å². The summed E-state index contributed by atoms with van der Waals surface area (Å²) in [5.74, 6) is -0.177. The quantitative estimate of drug-likeness (QED) is 0.257. The molecule has 0 unspecified atom stereocenters. The van der Waals surface area contributed by atoms with Crippen molar-refractivity contribution in [2.75, 3.05) is 24.5 Å². The summed E-state index contributed by atoms with van der Waals surface area (Å²) in [6, 6.07) is 7.44. The molecule has 0 saturated carbocycles. The summed E-state index contributed by atoms with van der Waals surface area (Å²) in [6.07, 6.45) is 0. The SMILES string of the molecule is CC(=O)c1cc(Cl)cc2[nH]c(=S)oc12.CC(=O)c1cc(Cl)cc2nc(N3CCNC[C@@H]3C)oc12. The molecule has 178 valence electrons. The van der Waals surface area contributed by atoms with E-state index in [4.69, 9.17) is 44.3 Å². The molecule has 5 rings (SSSR count). The Morgan fingerprint density at radius 2 is 1.71 bits per heavy atom. The van der Waals surface area contributed by atoms with Crippen molar-refractivity contribution in [3.05, 3.63) is 50.3 Å². The summed E-state index contributed by atoms with van der Waals surface area (Å²) >= 11 is 16.7. The van der Waals surface area contributed by atoms with Gasteiger partial charge in [-0.3, -0.25) is 9.59 Å². The van der Waals surface area contributed by atoms with Crippen LogP contribution in [0.15, 0.2) is 33.1 Å². The first-order valence-electron chi connectivity index (χ1n) is 10.6. The Labute approximate surface area is 210 Å². The maximum absolute atomic E-state index is 11.7. The Hall–Kier alpha value is -2.72. The standard InChI is InChI=1S/C14H16ClN3O2.C9H6ClNO2S/c1-8-7-16-3-4-18(8)14-17-12-6-10(15)5-11(9(2)19)13(12)20-14;1-4(12)6-2-5(10)3-7-8(6)13-9(14)11-7/h5-6,8,16H,3-4,7H2,1-2H3;2-3H,1H3,(H,11,14)/t8-;/m0./s1. The van der Waals surface area contributed by atoms with Gasteiger partial charge in [-0.2, -0.15) is 4.98 Å². The van der Waals surface area contributed by atoms with Gasteiger partial charge in [-0.1, -0.05) is 23.2 Å². The molecule has 0 amide bonds. The number of ketones is 2. The Morgan fingerprint density at radius 1 is 1.06 bits per heavy atom. The third-order valence-electron chi connectivity index (χ3n) is 5.43. The number of halogens is 2. The number of nitrogens with zero attached hydrogens (tertiary/aromatic N) is 2. The minimum Gasteiger partial charge on any atom is -0.429 e. The number of H-pyrrole nitrogens is 1. The van der Waals surface area contributed by atoms with E-state index in [1.807, 2.05) is 0 Å². The van der Waals surface area contributed by atoms with E-state index in [2.05, 4.69) is 27.1 Å². The lowest BCUT2D eigenvalue weighted by atomic mass is 10.1. The number of nitrogens with one attached hydrogen (secondary N) is 2. The number of carbonyl (C=O) groups excluding carboxylic acids is 2. The highest BCUT2D eigenvalue weighted by molar-refractivity contribution is 7.71. The molecule has 0 spiro atoms. The van der Waals surface area contributed by atoms with Gasteiger partial charge in [0, 0.05) is 35.7 Å². The molecule has 2 N–H and O–H groups in total. The number of anilines is 1. The molecule has 1 aliphatic heterocycles. The Bertz CT molecular complexity index is 1460. The normalized spacial score (nSPS) is 15.9. The minimum absolute atomic E-state index is 0.0754. The van der Waals surface area contributed by atoms with Crippen LogP contribution in [0.2, 0.25) is 10.0 Å². The van der Waals surface area contributed by atoms with Gasteiger partial charge in [0.15, 0.2) is 22.7 Å². The van der Waals surface area contributed by atoms with Crippen molar-refractivity contribution < 1.29 is 18.4 Å². The van der Waals surface area contributed by atoms with Crippen LogP contribution in [-0.2, 0) is 0 Å². The summed E-state index contributed by atoms with van der Waals surface area (Å²) in [5, 5.41) is 4.30. The fourth-order valence-corrected chi connectivity index (χ4v) is 4.41. The van der Waals surface area contributed by atoms with Crippen LogP contribution >= 0.6 is 35.4 Å². The number of benzene rings is 2. The molecule has 1 saturated heterocycles. The van der Waals surface area contributed by atoms with E-state index in [1.54, 1.807) is 24.3 Å². The predicted molar refractivity (Wildman–Crippen MR) is 135 cm³/mol. The molecule has 1 aliphatic rings. The second kappa shape index (κ2) is 9.87. The predicted octanol–water partition coefficient (Wildman–Crippen LogP) is 5.83. The van der Waals surface area contributed by atoms with Crippen LogP contribution < -0.4 is 10.2 Å². The van der Waals surface area contributed by atoms with Crippen LogP contribution in [0.5, 0.6) is 0 Å². The van der Waals surface area contributed by atoms with Crippen molar-refractivity contribution in [1.29, 1.82) is 0 Å². The number of fused-ring (bicyclic) bond motifs is 2. The molecule has 11 heteroatoms. The first-order chi connectivity index (χ1) is 16.1. The lowest BCUT2D eigenvalue weighted by Gasteiger charge is -2.32. The molecule has 1 atom stereocenters. The van der Waals surface area contributed by atoms with E-state index in [-0.39, 0.29) is 16.4 Å². The van der Waals surface area contributed by atoms with Gasteiger partial charge < -0.3 is 24.0 Å². The van der Waals surface area contributed by atoms with Gasteiger partial charge in [-0.05, 0) is 57.3 Å². The monoisotopic (exact) mass is 520 g/mol. The molecule has 8 nitrogen and oxygen atoms in total. The van der Waals surface area contributed by atoms with Crippen molar-refractivity contribution in [3.63, 3.8) is 0 Å². The topological polar surface area (TPSA) is 104 Å². The lowest BCUT2D eigenvalue weighted by molar-refractivity contribution is 0.101. The number of Topliss-reactive ketones (excluding diaryl/α,β-unsaturated/α-hetero) is 2. The van der Waals surface area contributed by atoms with Gasteiger partial charge >= 0.3 is 0 Å². The summed E-state index contributed by atoms with van der Waals surface area (Å²) in [6.45, 7) is 7.68. The highest BCUT2D eigenvalue weighted by Crippen LogP contribution is 2.29. The van der Waals surface area contributed by atoms with Crippen LogP contribution in [-0.4, -0.2) is 47.2 Å². The zero-order valence-electron chi connectivity index (χ0n) is 18.7. The maximum Gasteiger partial charge on any atom is 0.298 e. The fraction of sp³-hybridized carbons (Fsp3) is 0.304. The maximum atomic E-state index is 11.7. The number of hydrogen-bond acceptors (Lipinski definition) is 8. The zero-order valence-corrected chi connectivity index (χ0v) is 21.0. The van der Waals surface area contributed by atoms with E-state index in [0.29, 0.717) is 55.4 Å². The molecule has 0 aliphatic carbocycles. The first kappa shape index (κ1) is 24.4. The molecule has 34 heavy (non-hydrogen) atoms. The van der Waals surface area contributed by atoms with Gasteiger partial charge in [0.1, 0.15) is 5.52 Å². The molecule has 0 bridgehead atoms. The van der Waals surface area contributed by atoms with Crippen LogP contribution in [0.4, 0.5) is 6.01 Å². The van der Waals surface area contributed by atoms with E-state index in [1.165, 1.54) is 13.8 Å². The average molecular weight is 521 g/mol. The van der Waals surface area contributed by atoms with Gasteiger partial charge in [0.05, 0.1) is 16.6 Å². The third-order valence-corrected chi connectivity index (χ3v) is 6.06. The van der Waals surface area contributed by atoms with E-state index in [0.717, 1.165) is 19.6 Å². The number of aromatic nitrogens is 2. The molecule has 2 aromatic heterocycles. The number of carbonyl (C=O) groups is 2. The van der Waals surface area contributed by atoms with Crippen LogP contribution in [0.3, 0.4) is 0 Å². The smallest absolute Gasteiger partial charge is 0.298 e. The van der Waals surface area contributed by atoms with Gasteiger partial charge in [-0.25, -0.2) is 0 Å². The van der Waals surface area contributed by atoms with E-state index < -0.39 is 0 Å². The molecule has 4 aromatic rings. The van der Waals surface area contributed by atoms with Crippen molar-refractivity contribution in [2.45, 2.75) is 26.8 Å². The van der Waals surface area contributed by atoms with E-state index in [9.17, 15) is 9.59 Å². The highest BCUT2D eigenvalue weighted by atomic mass is 35.5. The minimum atomic E-state index is -0.102. The third kappa shape index (κ3) is 5.02. The van der Waals surface area contributed by atoms with Gasteiger partial charge in [0.2, 0.25) is 0 Å². The average Bonchev–Trinajstić information content (AvgIpc) is 3.35. The molecular formula is C23H22Cl2N4O4S. The number of oxazole rings is 2. The van der Waals surface area contributed by atoms with Crippen molar-refractivity contribution in [2.24, 2.45) is 0 Å². The molecular weight excluding hydrogens is 499 g/mol. The Kier molecular flexibility index (Phi) is 7.09. The number of piperazine rings is 1. The second-order valence-corrected chi connectivity index (χ2v) is 9.25. The number of hydrogen-bond donors (Lipinski definition) is 2. The molecule has 1 fully saturated rings. The fourth-order valence-electron chi connectivity index (χ4n) is 3.78. The number of aromatic amines is 1. The highest BCUT2D eigenvalue weighted by Gasteiger charge is 2.24. The van der Waals surface area contributed by atoms with Crippen molar-refractivity contribution >= 4 is 75.2 Å². The summed E-state index contributed by atoms with van der Waals surface area (Å²) in [4.78, 5) is 32.6. The summed E-state index contributed by atoms with van der Waals surface area (Å²) in [5.41, 5.74) is 3.18. The van der Waals surface area contributed by atoms with Crippen LogP contribution in [0.1, 0.15) is 41.5 Å². The number of rotatable bonds is 3. The van der Waals surface area contributed by atoms with Crippen molar-refractivity contribution in [3.8, 4) is 0 Å². The Balaban J connectivity index is 0.000000172. The summed E-state index contributed by atoms with van der Waals surface area (Å²) in [7, 11) is 0.